The van der Waals surface area contributed by atoms with Crippen molar-refractivity contribution in [2.45, 2.75) is 155 Å². The molecular weight excluding hydrogens is 731 g/mol. The number of unbranched alkanes of at least 4 members (excludes halogenated alkanes) is 8. The van der Waals surface area contributed by atoms with Gasteiger partial charge >= 0.3 is 11.9 Å². The van der Waals surface area contributed by atoms with Crippen LogP contribution in [0, 0.1) is 0 Å². The summed E-state index contributed by atoms with van der Waals surface area (Å²) in [6.45, 7) is 10.4. The highest BCUT2D eigenvalue weighted by molar-refractivity contribution is 7.99. The molecule has 0 aromatic heterocycles. The molecule has 0 radical (unpaired) electrons. The molecule has 4 N–H and O–H groups in total. The molecule has 320 valence electrons. The molecule has 0 saturated heterocycles. The lowest BCUT2D eigenvalue weighted by atomic mass is 10.1. The van der Waals surface area contributed by atoms with Crippen molar-refractivity contribution < 1.29 is 52.8 Å². The largest absolute Gasteiger partial charge is 0.481 e. The van der Waals surface area contributed by atoms with E-state index in [9.17, 15) is 28.8 Å². The van der Waals surface area contributed by atoms with Gasteiger partial charge in [-0.3, -0.25) is 19.2 Å². The SMILES string of the molecule is CC(=O)CCCCCCCSCCCCCCCC(=O)NCCCOCCOCCOCCCNC(=O)CCC(=O)NC(CCC(=O)O)C(=O)OC(C)(C)C. The number of esters is 1. The van der Waals surface area contributed by atoms with Crippen molar-refractivity contribution in [1.29, 1.82) is 0 Å². The molecule has 0 bridgehead atoms. The van der Waals surface area contributed by atoms with E-state index in [2.05, 4.69) is 16.0 Å². The first-order valence-corrected chi connectivity index (χ1v) is 21.5. The van der Waals surface area contributed by atoms with Crippen LogP contribution < -0.4 is 16.0 Å². The topological polar surface area (TPSA) is 196 Å². The number of Topliss-reactive ketones (excluding diaryl/α,β-unsaturated/α-hetero) is 1. The standard InChI is InChI=1S/C40H73N3O11S/c1-33(44)17-11-7-5-9-13-31-55-32-14-10-6-8-12-18-35(45)41-23-15-25-51-27-29-53-30-28-52-26-16-24-42-36(46)20-21-37(47)43-34(19-22-38(48)49)39(50)54-40(2,3)4/h34H,5-32H2,1-4H3,(H,41,45)(H,42,46)(H,43,47)(H,48,49). The lowest BCUT2D eigenvalue weighted by Gasteiger charge is -2.24. The van der Waals surface area contributed by atoms with Gasteiger partial charge in [0.1, 0.15) is 17.4 Å². The third kappa shape index (κ3) is 39.3. The molecule has 0 fully saturated rings. The summed E-state index contributed by atoms with van der Waals surface area (Å²) in [5, 5.41) is 17.1. The molecular formula is C40H73N3O11S. The molecule has 3 amide bonds. The number of carboxylic acids is 1. The van der Waals surface area contributed by atoms with Gasteiger partial charge in [0.25, 0.3) is 0 Å². The Balaban J connectivity index is 3.54. The summed E-state index contributed by atoms with van der Waals surface area (Å²) in [6, 6.07) is -1.11. The van der Waals surface area contributed by atoms with Crippen LogP contribution in [0.1, 0.15) is 143 Å². The molecule has 0 aliphatic rings. The van der Waals surface area contributed by atoms with Gasteiger partial charge in [-0.25, -0.2) is 4.79 Å². The Labute approximate surface area is 334 Å². The Kier molecular flexibility index (Phi) is 33.9. The van der Waals surface area contributed by atoms with Crippen molar-refractivity contribution in [3.05, 3.63) is 0 Å². The summed E-state index contributed by atoms with van der Waals surface area (Å²) in [7, 11) is 0. The van der Waals surface area contributed by atoms with Crippen LogP contribution in [0.4, 0.5) is 0 Å². The number of rotatable bonds is 38. The average Bonchev–Trinajstić information content (AvgIpc) is 3.11. The number of carbonyl (C=O) groups is 6. The predicted octanol–water partition coefficient (Wildman–Crippen LogP) is 5.52. The maximum absolute atomic E-state index is 12.4. The summed E-state index contributed by atoms with van der Waals surface area (Å²) in [5.74, 6) is 0.177. The maximum Gasteiger partial charge on any atom is 0.329 e. The molecule has 55 heavy (non-hydrogen) atoms. The summed E-state index contributed by atoms with van der Waals surface area (Å²) in [6.07, 6.45) is 13.6. The van der Waals surface area contributed by atoms with E-state index in [1.165, 1.54) is 56.5 Å². The first kappa shape index (κ1) is 52.2. The van der Waals surface area contributed by atoms with Crippen molar-refractivity contribution >= 4 is 47.2 Å². The number of carboxylic acid groups (broad SMARTS) is 1. The normalized spacial score (nSPS) is 11.9. The molecule has 0 aliphatic heterocycles. The maximum atomic E-state index is 12.4. The number of ketones is 1. The number of carbonyl (C=O) groups excluding carboxylic acids is 5. The van der Waals surface area contributed by atoms with Crippen LogP contribution in [0.3, 0.4) is 0 Å². The number of aliphatic carboxylic acids is 1. The third-order valence-electron chi connectivity index (χ3n) is 8.08. The van der Waals surface area contributed by atoms with Gasteiger partial charge in [-0.2, -0.15) is 11.8 Å². The fourth-order valence-corrected chi connectivity index (χ4v) is 6.16. The van der Waals surface area contributed by atoms with E-state index in [0.29, 0.717) is 71.4 Å². The van der Waals surface area contributed by atoms with E-state index in [0.717, 1.165) is 32.1 Å². The van der Waals surface area contributed by atoms with Crippen LogP contribution >= 0.6 is 11.8 Å². The zero-order valence-electron chi connectivity index (χ0n) is 34.3. The highest BCUT2D eigenvalue weighted by Gasteiger charge is 2.27. The highest BCUT2D eigenvalue weighted by atomic mass is 32.2. The van der Waals surface area contributed by atoms with Gasteiger partial charge in [0.15, 0.2) is 0 Å². The summed E-state index contributed by atoms with van der Waals surface area (Å²) < 4.78 is 21.8. The second kappa shape index (κ2) is 35.6. The number of nitrogens with one attached hydrogen (secondary N) is 3. The Hall–Kier alpha value is -2.75. The number of hydrogen-bond donors (Lipinski definition) is 4. The Morgan fingerprint density at radius 1 is 0.564 bits per heavy atom. The zero-order chi connectivity index (χ0) is 41.0. The second-order valence-electron chi connectivity index (χ2n) is 14.7. The number of hydrogen-bond acceptors (Lipinski definition) is 11. The number of ether oxygens (including phenoxy) is 4. The first-order valence-electron chi connectivity index (χ1n) is 20.4. The quantitative estimate of drug-likeness (QED) is 0.0451. The molecule has 1 unspecified atom stereocenters. The monoisotopic (exact) mass is 803 g/mol. The van der Waals surface area contributed by atoms with E-state index < -0.39 is 29.5 Å². The number of amides is 3. The fraction of sp³-hybridized carbons (Fsp3) is 0.850. The summed E-state index contributed by atoms with van der Waals surface area (Å²) in [4.78, 5) is 70.6. The Morgan fingerprint density at radius 2 is 1.02 bits per heavy atom. The average molecular weight is 804 g/mol. The van der Waals surface area contributed by atoms with Gasteiger partial charge in [-0.05, 0) is 84.1 Å². The molecule has 0 aromatic rings. The molecule has 0 spiro atoms. The molecule has 0 heterocycles. The number of thioether (sulfide) groups is 1. The van der Waals surface area contributed by atoms with Gasteiger partial charge in [0.05, 0.1) is 26.4 Å². The summed E-state index contributed by atoms with van der Waals surface area (Å²) >= 11 is 2.05. The van der Waals surface area contributed by atoms with E-state index in [1.54, 1.807) is 27.7 Å². The van der Waals surface area contributed by atoms with E-state index >= 15 is 0 Å². The van der Waals surface area contributed by atoms with E-state index in [4.69, 9.17) is 24.1 Å². The van der Waals surface area contributed by atoms with E-state index in [1.807, 2.05) is 11.8 Å². The van der Waals surface area contributed by atoms with Gasteiger partial charge in [-0.15, -0.1) is 0 Å². The molecule has 0 rings (SSSR count). The minimum absolute atomic E-state index is 0.0778. The van der Waals surface area contributed by atoms with Crippen molar-refractivity contribution in [2.75, 3.05) is 64.2 Å². The van der Waals surface area contributed by atoms with Crippen LogP contribution in [-0.4, -0.2) is 116 Å². The molecule has 0 aliphatic carbocycles. The molecule has 15 heteroatoms. The lowest BCUT2D eigenvalue weighted by molar-refractivity contribution is -0.159. The third-order valence-corrected chi connectivity index (χ3v) is 9.24. The van der Waals surface area contributed by atoms with Crippen LogP contribution in [0.5, 0.6) is 0 Å². The van der Waals surface area contributed by atoms with Crippen molar-refractivity contribution in [2.24, 2.45) is 0 Å². The molecule has 0 aromatic carbocycles. The van der Waals surface area contributed by atoms with Crippen LogP contribution in [0.15, 0.2) is 0 Å². The van der Waals surface area contributed by atoms with Crippen molar-refractivity contribution in [3.63, 3.8) is 0 Å². The van der Waals surface area contributed by atoms with Crippen LogP contribution in [-0.2, 0) is 47.7 Å². The van der Waals surface area contributed by atoms with Crippen LogP contribution in [0.2, 0.25) is 0 Å². The summed E-state index contributed by atoms with van der Waals surface area (Å²) in [5.41, 5.74) is -0.793. The van der Waals surface area contributed by atoms with Crippen molar-refractivity contribution in [3.8, 4) is 0 Å². The lowest BCUT2D eigenvalue weighted by Crippen LogP contribution is -2.44. The van der Waals surface area contributed by atoms with Crippen LogP contribution in [0.25, 0.3) is 0 Å². The van der Waals surface area contributed by atoms with Gasteiger partial charge in [-0.1, -0.05) is 38.5 Å². The Morgan fingerprint density at radius 3 is 1.53 bits per heavy atom. The first-order chi connectivity index (χ1) is 26.3. The molecule has 1 atom stereocenters. The smallest absolute Gasteiger partial charge is 0.329 e. The van der Waals surface area contributed by atoms with Crippen molar-refractivity contribution in [1.82, 2.24) is 16.0 Å². The van der Waals surface area contributed by atoms with Gasteiger partial charge in [0, 0.05) is 58.4 Å². The van der Waals surface area contributed by atoms with E-state index in [-0.39, 0.29) is 37.5 Å². The molecule has 14 nitrogen and oxygen atoms in total. The minimum atomic E-state index is -1.11. The highest BCUT2D eigenvalue weighted by Crippen LogP contribution is 2.14. The predicted molar refractivity (Wildman–Crippen MR) is 215 cm³/mol. The zero-order valence-corrected chi connectivity index (χ0v) is 35.1. The minimum Gasteiger partial charge on any atom is -0.481 e. The second-order valence-corrected chi connectivity index (χ2v) is 15.9. The fourth-order valence-electron chi connectivity index (χ4n) is 5.14. The van der Waals surface area contributed by atoms with Gasteiger partial charge in [0.2, 0.25) is 17.7 Å². The van der Waals surface area contributed by atoms with Gasteiger partial charge < -0.3 is 44.8 Å². The molecule has 0 saturated carbocycles. The Bertz CT molecular complexity index is 1060.